The lowest BCUT2D eigenvalue weighted by molar-refractivity contribution is 0.207. The van der Waals surface area contributed by atoms with Crippen molar-refractivity contribution in [3.05, 3.63) is 35.4 Å². The van der Waals surface area contributed by atoms with Crippen molar-refractivity contribution in [1.29, 1.82) is 0 Å². The van der Waals surface area contributed by atoms with Gasteiger partial charge in [-0.3, -0.25) is 0 Å². The molecular formula is C16H26N2O2. The van der Waals surface area contributed by atoms with E-state index < -0.39 is 0 Å². The van der Waals surface area contributed by atoms with Crippen molar-refractivity contribution in [1.82, 2.24) is 10.6 Å². The predicted molar refractivity (Wildman–Crippen MR) is 81.7 cm³/mol. The Morgan fingerprint density at radius 2 is 2.10 bits per heavy atom. The highest BCUT2D eigenvalue weighted by molar-refractivity contribution is 5.74. The zero-order valence-electron chi connectivity index (χ0n) is 12.6. The van der Waals surface area contributed by atoms with Gasteiger partial charge in [0.15, 0.2) is 0 Å². The van der Waals surface area contributed by atoms with E-state index in [4.69, 9.17) is 0 Å². The number of hydrogen-bond donors (Lipinski definition) is 3. The number of rotatable bonds is 7. The number of hydrogen-bond acceptors (Lipinski definition) is 2. The molecule has 0 bridgehead atoms. The first-order chi connectivity index (χ1) is 9.51. The van der Waals surface area contributed by atoms with Crippen LogP contribution in [0.15, 0.2) is 24.3 Å². The molecule has 1 rings (SSSR count). The number of nitrogens with one attached hydrogen (secondary N) is 2. The monoisotopic (exact) mass is 278 g/mol. The zero-order chi connectivity index (χ0) is 15.0. The molecule has 4 heteroatoms. The number of carbonyl (C=O) groups is 1. The van der Waals surface area contributed by atoms with Gasteiger partial charge in [0.25, 0.3) is 0 Å². The summed E-state index contributed by atoms with van der Waals surface area (Å²) in [5.41, 5.74) is 2.44. The molecule has 112 valence electrons. The van der Waals surface area contributed by atoms with E-state index in [9.17, 15) is 9.90 Å². The Hall–Kier alpha value is -1.55. The molecule has 3 N–H and O–H groups in total. The third-order valence-electron chi connectivity index (χ3n) is 3.09. The molecule has 0 aliphatic rings. The number of benzene rings is 1. The van der Waals surface area contributed by atoms with Gasteiger partial charge in [-0.1, -0.05) is 43.7 Å². The van der Waals surface area contributed by atoms with E-state index in [1.165, 1.54) is 11.1 Å². The third-order valence-corrected chi connectivity index (χ3v) is 3.09. The van der Waals surface area contributed by atoms with Gasteiger partial charge in [-0.2, -0.15) is 0 Å². The molecule has 1 atom stereocenters. The molecule has 0 radical (unpaired) electrons. The number of urea groups is 1. The van der Waals surface area contributed by atoms with Crippen molar-refractivity contribution in [3.63, 3.8) is 0 Å². The minimum Gasteiger partial charge on any atom is -0.394 e. The molecule has 0 saturated carbocycles. The maximum absolute atomic E-state index is 11.7. The zero-order valence-corrected chi connectivity index (χ0v) is 12.6. The molecule has 4 nitrogen and oxygen atoms in total. The van der Waals surface area contributed by atoms with Gasteiger partial charge in [-0.25, -0.2) is 4.79 Å². The standard InChI is InChI=1S/C16H26N2O2/c1-12(2)9-15(11-19)18-16(20)17-8-7-14-6-4-5-13(3)10-14/h4-6,10,12,15,19H,7-9,11H2,1-3H3,(H2,17,18,20). The highest BCUT2D eigenvalue weighted by atomic mass is 16.3. The summed E-state index contributed by atoms with van der Waals surface area (Å²) in [6, 6.07) is 7.87. The molecule has 0 heterocycles. The highest BCUT2D eigenvalue weighted by Gasteiger charge is 2.12. The van der Waals surface area contributed by atoms with Crippen LogP contribution in [0.1, 0.15) is 31.4 Å². The summed E-state index contributed by atoms with van der Waals surface area (Å²) in [6.07, 6.45) is 1.59. The topological polar surface area (TPSA) is 61.4 Å². The molecule has 0 fully saturated rings. The largest absolute Gasteiger partial charge is 0.394 e. The molecule has 2 amide bonds. The quantitative estimate of drug-likeness (QED) is 0.716. The number of amides is 2. The Balaban J connectivity index is 2.29. The first kappa shape index (κ1) is 16.5. The Bertz CT molecular complexity index is 419. The summed E-state index contributed by atoms with van der Waals surface area (Å²) in [4.78, 5) is 11.7. The summed E-state index contributed by atoms with van der Waals surface area (Å²) in [6.45, 7) is 6.76. The van der Waals surface area contributed by atoms with Crippen LogP contribution in [-0.4, -0.2) is 30.3 Å². The van der Waals surface area contributed by atoms with Gasteiger partial charge in [-0.15, -0.1) is 0 Å². The first-order valence-electron chi connectivity index (χ1n) is 7.22. The molecule has 1 aromatic rings. The lowest BCUT2D eigenvalue weighted by Crippen LogP contribution is -2.44. The second-order valence-electron chi connectivity index (χ2n) is 5.65. The Morgan fingerprint density at radius 1 is 1.35 bits per heavy atom. The Labute approximate surface area is 121 Å². The van der Waals surface area contributed by atoms with E-state index in [1.807, 2.05) is 6.07 Å². The molecule has 0 saturated heterocycles. The third kappa shape index (κ3) is 6.57. The van der Waals surface area contributed by atoms with Gasteiger partial charge in [-0.05, 0) is 31.2 Å². The van der Waals surface area contributed by atoms with Crippen LogP contribution in [0, 0.1) is 12.8 Å². The van der Waals surface area contributed by atoms with E-state index in [1.54, 1.807) is 0 Å². The van der Waals surface area contributed by atoms with Gasteiger partial charge >= 0.3 is 6.03 Å². The van der Waals surface area contributed by atoms with Crippen LogP contribution in [0.25, 0.3) is 0 Å². The molecule has 0 aromatic heterocycles. The molecule has 20 heavy (non-hydrogen) atoms. The van der Waals surface area contributed by atoms with Gasteiger partial charge in [0.1, 0.15) is 0 Å². The Kier molecular flexibility index (Phi) is 7.09. The number of aryl methyl sites for hydroxylation is 1. The lowest BCUT2D eigenvalue weighted by Gasteiger charge is -2.18. The fourth-order valence-electron chi connectivity index (χ4n) is 2.17. The van der Waals surface area contributed by atoms with Crippen LogP contribution in [0.5, 0.6) is 0 Å². The van der Waals surface area contributed by atoms with E-state index >= 15 is 0 Å². The van der Waals surface area contributed by atoms with Crippen LogP contribution in [0.2, 0.25) is 0 Å². The maximum Gasteiger partial charge on any atom is 0.315 e. The first-order valence-corrected chi connectivity index (χ1v) is 7.22. The van der Waals surface area contributed by atoms with Gasteiger partial charge in [0, 0.05) is 6.54 Å². The van der Waals surface area contributed by atoms with E-state index in [0.717, 1.165) is 12.8 Å². The van der Waals surface area contributed by atoms with Crippen molar-refractivity contribution in [2.24, 2.45) is 5.92 Å². The van der Waals surface area contributed by atoms with Crippen LogP contribution < -0.4 is 10.6 Å². The Morgan fingerprint density at radius 3 is 2.70 bits per heavy atom. The molecule has 0 aliphatic heterocycles. The highest BCUT2D eigenvalue weighted by Crippen LogP contribution is 2.05. The fraction of sp³-hybridized carbons (Fsp3) is 0.562. The van der Waals surface area contributed by atoms with E-state index in [-0.39, 0.29) is 18.7 Å². The van der Waals surface area contributed by atoms with Crippen LogP contribution in [0.3, 0.4) is 0 Å². The van der Waals surface area contributed by atoms with Crippen LogP contribution >= 0.6 is 0 Å². The summed E-state index contributed by atoms with van der Waals surface area (Å²) in [7, 11) is 0. The van der Waals surface area contributed by atoms with Gasteiger partial charge in [0.05, 0.1) is 12.6 Å². The van der Waals surface area contributed by atoms with Crippen molar-refractivity contribution >= 4 is 6.03 Å². The average molecular weight is 278 g/mol. The smallest absolute Gasteiger partial charge is 0.315 e. The van der Waals surface area contributed by atoms with Gasteiger partial charge in [0.2, 0.25) is 0 Å². The summed E-state index contributed by atoms with van der Waals surface area (Å²) in [5.74, 6) is 0.444. The fourth-order valence-corrected chi connectivity index (χ4v) is 2.17. The number of aliphatic hydroxyl groups excluding tert-OH is 1. The van der Waals surface area contributed by atoms with Crippen molar-refractivity contribution in [2.45, 2.75) is 39.7 Å². The minimum absolute atomic E-state index is 0.0243. The molecule has 0 spiro atoms. The average Bonchev–Trinajstić information content (AvgIpc) is 2.37. The molecule has 1 aromatic carbocycles. The maximum atomic E-state index is 11.7. The van der Waals surface area contributed by atoms with Crippen molar-refractivity contribution in [2.75, 3.05) is 13.2 Å². The molecular weight excluding hydrogens is 252 g/mol. The number of carbonyl (C=O) groups excluding carboxylic acids is 1. The van der Waals surface area contributed by atoms with E-state index in [2.05, 4.69) is 49.6 Å². The second kappa shape index (κ2) is 8.59. The van der Waals surface area contributed by atoms with Crippen molar-refractivity contribution in [3.8, 4) is 0 Å². The second-order valence-corrected chi connectivity index (χ2v) is 5.65. The normalized spacial score (nSPS) is 12.2. The van der Waals surface area contributed by atoms with E-state index in [0.29, 0.717) is 12.5 Å². The summed E-state index contributed by atoms with van der Waals surface area (Å²) < 4.78 is 0. The molecule has 0 aliphatic carbocycles. The summed E-state index contributed by atoms with van der Waals surface area (Å²) in [5, 5.41) is 14.8. The van der Waals surface area contributed by atoms with Crippen LogP contribution in [-0.2, 0) is 6.42 Å². The van der Waals surface area contributed by atoms with Crippen molar-refractivity contribution < 1.29 is 9.90 Å². The SMILES string of the molecule is Cc1cccc(CCNC(=O)NC(CO)CC(C)C)c1. The minimum atomic E-state index is -0.211. The van der Waals surface area contributed by atoms with Gasteiger partial charge < -0.3 is 15.7 Å². The van der Waals surface area contributed by atoms with Crippen LogP contribution in [0.4, 0.5) is 4.79 Å². The predicted octanol–water partition coefficient (Wildman–Crippen LogP) is 2.24. The summed E-state index contributed by atoms with van der Waals surface area (Å²) >= 11 is 0. The number of aliphatic hydroxyl groups is 1. The molecule has 1 unspecified atom stereocenters. The lowest BCUT2D eigenvalue weighted by atomic mass is 10.0.